The summed E-state index contributed by atoms with van der Waals surface area (Å²) in [5, 5.41) is 0. The highest BCUT2D eigenvalue weighted by molar-refractivity contribution is 7.92. The zero-order valence-electron chi connectivity index (χ0n) is 24.2. The van der Waals surface area contributed by atoms with Gasteiger partial charge in [-0.15, -0.1) is 0 Å². The molecule has 2 aromatic rings. The van der Waals surface area contributed by atoms with E-state index in [1.807, 2.05) is 4.72 Å². The molecule has 2 saturated heterocycles. The number of fused-ring (bicyclic) bond motifs is 1. The summed E-state index contributed by atoms with van der Waals surface area (Å²) in [6.45, 7) is -1.78. The first-order valence-electron chi connectivity index (χ1n) is 14.3. The number of carbonyl (C=O) groups is 2. The van der Waals surface area contributed by atoms with Gasteiger partial charge in [-0.2, -0.15) is 35.1 Å². The molecule has 3 heterocycles. The van der Waals surface area contributed by atoms with E-state index in [9.17, 15) is 57.5 Å². The molecule has 0 unspecified atom stereocenters. The Hall–Kier alpha value is -3.74. The number of hydrogen-bond acceptors (Lipinski definition) is 6. The third-order valence-electron chi connectivity index (χ3n) is 8.09. The van der Waals surface area contributed by atoms with Crippen molar-refractivity contribution >= 4 is 39.1 Å². The molecule has 3 aliphatic heterocycles. The number of alkyl halides is 8. The lowest BCUT2D eigenvalue weighted by atomic mass is 10.1. The molecular weight excluding hydrogens is 675 g/mol. The van der Waals surface area contributed by atoms with Crippen LogP contribution in [0.25, 0.3) is 0 Å². The van der Waals surface area contributed by atoms with Gasteiger partial charge in [-0.25, -0.2) is 17.6 Å². The van der Waals surface area contributed by atoms with Crippen molar-refractivity contribution in [3.63, 3.8) is 0 Å². The molecule has 5 rings (SSSR count). The van der Waals surface area contributed by atoms with Crippen LogP contribution in [0.3, 0.4) is 0 Å². The number of rotatable bonds is 7. The highest BCUT2D eigenvalue weighted by atomic mass is 32.2. The van der Waals surface area contributed by atoms with Crippen molar-refractivity contribution in [2.45, 2.75) is 61.4 Å². The van der Waals surface area contributed by atoms with E-state index in [4.69, 9.17) is 4.74 Å². The molecule has 47 heavy (non-hydrogen) atoms. The summed E-state index contributed by atoms with van der Waals surface area (Å²) < 4.78 is 152. The van der Waals surface area contributed by atoms with Crippen LogP contribution < -0.4 is 14.5 Å². The molecule has 2 fully saturated rings. The number of sulfonamides is 1. The molecule has 19 heteroatoms. The summed E-state index contributed by atoms with van der Waals surface area (Å²) in [6, 6.07) is 3.52. The lowest BCUT2D eigenvalue weighted by Crippen LogP contribution is -2.50. The van der Waals surface area contributed by atoms with Crippen molar-refractivity contribution in [2.75, 3.05) is 47.2 Å². The van der Waals surface area contributed by atoms with E-state index in [1.54, 1.807) is 0 Å². The van der Waals surface area contributed by atoms with Crippen molar-refractivity contribution in [1.29, 1.82) is 0 Å². The number of piperidine rings is 1. The first-order valence-corrected chi connectivity index (χ1v) is 15.8. The molecule has 2 amide bonds. The van der Waals surface area contributed by atoms with Gasteiger partial charge in [0.1, 0.15) is 11.9 Å². The van der Waals surface area contributed by atoms with Gasteiger partial charge in [0.05, 0.1) is 34.1 Å². The van der Waals surface area contributed by atoms with E-state index in [2.05, 4.69) is 0 Å². The van der Waals surface area contributed by atoms with E-state index in [0.717, 1.165) is 11.0 Å². The van der Waals surface area contributed by atoms with Gasteiger partial charge in [0, 0.05) is 32.6 Å². The van der Waals surface area contributed by atoms with Crippen LogP contribution in [-0.2, 0) is 32.2 Å². The van der Waals surface area contributed by atoms with Gasteiger partial charge in [-0.05, 0) is 61.6 Å². The maximum absolute atomic E-state index is 14.5. The van der Waals surface area contributed by atoms with Crippen LogP contribution in [0.15, 0.2) is 35.2 Å². The zero-order chi connectivity index (χ0) is 34.5. The second-order valence-electron chi connectivity index (χ2n) is 11.4. The Bertz CT molecular complexity index is 1660. The number of nitrogens with zero attached hydrogens (tertiary/aromatic N) is 3. The van der Waals surface area contributed by atoms with Crippen molar-refractivity contribution in [3.05, 3.63) is 47.3 Å². The van der Waals surface area contributed by atoms with Gasteiger partial charge in [0.2, 0.25) is 5.91 Å². The van der Waals surface area contributed by atoms with Crippen molar-refractivity contribution in [1.82, 2.24) is 4.90 Å². The van der Waals surface area contributed by atoms with E-state index in [-0.39, 0.29) is 80.8 Å². The predicted molar refractivity (Wildman–Crippen MR) is 148 cm³/mol. The number of nitrogens with one attached hydrogen (secondary N) is 1. The van der Waals surface area contributed by atoms with Gasteiger partial charge in [-0.1, -0.05) is 0 Å². The third kappa shape index (κ3) is 7.24. The summed E-state index contributed by atoms with van der Waals surface area (Å²) in [7, 11) is -4.64. The maximum Gasteiger partial charge on any atom is 0.454 e. The molecule has 0 aliphatic carbocycles. The fraction of sp³-hybridized carbons (Fsp3) is 0.500. The van der Waals surface area contributed by atoms with Crippen LogP contribution in [-0.4, -0.2) is 76.2 Å². The van der Waals surface area contributed by atoms with Crippen molar-refractivity contribution < 1.29 is 62.3 Å². The average Bonchev–Trinajstić information content (AvgIpc) is 3.59. The molecule has 0 aromatic heterocycles. The molecule has 0 radical (unpaired) electrons. The molecule has 0 spiro atoms. The minimum Gasteiger partial charge on any atom is -0.446 e. The van der Waals surface area contributed by atoms with Crippen LogP contribution in [0.4, 0.5) is 61.4 Å². The number of likely N-dealkylation sites (tertiary alicyclic amines) is 1. The average molecular weight is 703 g/mol. The third-order valence-corrected chi connectivity index (χ3v) is 9.44. The summed E-state index contributed by atoms with van der Waals surface area (Å²) in [5.41, 5.74) is -1.61. The lowest BCUT2D eigenvalue weighted by molar-refractivity contribution is -0.287. The SMILES string of the molecule is O=C1CCCN1c1cc(S(=O)(=O)Nc2ccc(C(F)(F)F)cc2F)cc2c1N(C(=O)OC1CCN(CC(F)(F)C(F)(F)F)CC1)CC2. The van der Waals surface area contributed by atoms with Crippen LogP contribution >= 0.6 is 0 Å². The Kier molecular flexibility index (Phi) is 9.10. The highest BCUT2D eigenvalue weighted by Crippen LogP contribution is 2.43. The second-order valence-corrected chi connectivity index (χ2v) is 13.0. The second kappa shape index (κ2) is 12.4. The minimum atomic E-state index is -5.71. The molecule has 9 nitrogen and oxygen atoms in total. The number of ether oxygens (including phenoxy) is 1. The topological polar surface area (TPSA) is 99.3 Å². The normalized spacial score (nSPS) is 18.5. The molecule has 0 bridgehead atoms. The van der Waals surface area contributed by atoms with Crippen LogP contribution in [0.1, 0.15) is 36.8 Å². The summed E-state index contributed by atoms with van der Waals surface area (Å²) in [4.78, 5) is 28.9. The molecule has 0 atom stereocenters. The zero-order valence-corrected chi connectivity index (χ0v) is 25.0. The standard InChI is InChI=1S/C28H27F9N4O5S/c29-20-13-17(27(32,33)34)3-4-21(20)38-47(44,45)19-12-16-5-11-41(24(16)22(14-19)40-8-1-2-23(40)42)25(43)46-18-6-9-39(10-7-18)15-26(30,31)28(35,36)37/h3-4,12-14,18,38H,1-2,5-11,15H2. The number of carbonyl (C=O) groups excluding carboxylic acids is 2. The summed E-state index contributed by atoms with van der Waals surface area (Å²) in [5.74, 6) is -6.77. The van der Waals surface area contributed by atoms with Crippen LogP contribution in [0, 0.1) is 5.82 Å². The Labute approximate surface area is 262 Å². The molecule has 0 saturated carbocycles. The first kappa shape index (κ1) is 34.6. The lowest BCUT2D eigenvalue weighted by Gasteiger charge is -2.35. The molecular formula is C28H27F9N4O5S. The van der Waals surface area contributed by atoms with E-state index in [1.165, 1.54) is 15.9 Å². The number of hydrogen-bond donors (Lipinski definition) is 1. The van der Waals surface area contributed by atoms with Gasteiger partial charge >= 0.3 is 24.4 Å². The smallest absolute Gasteiger partial charge is 0.446 e. The maximum atomic E-state index is 14.5. The van der Waals surface area contributed by atoms with E-state index < -0.39 is 69.0 Å². The Morgan fingerprint density at radius 3 is 2.19 bits per heavy atom. The minimum absolute atomic E-state index is 0.0235. The fourth-order valence-corrected chi connectivity index (χ4v) is 6.82. The fourth-order valence-electron chi connectivity index (χ4n) is 5.68. The summed E-state index contributed by atoms with van der Waals surface area (Å²) >= 11 is 0. The van der Waals surface area contributed by atoms with Gasteiger partial charge in [0.25, 0.3) is 10.0 Å². The van der Waals surface area contributed by atoms with Gasteiger partial charge in [-0.3, -0.25) is 19.3 Å². The van der Waals surface area contributed by atoms with Gasteiger partial charge in [0.15, 0.2) is 0 Å². The van der Waals surface area contributed by atoms with Crippen molar-refractivity contribution in [2.24, 2.45) is 0 Å². The van der Waals surface area contributed by atoms with Crippen molar-refractivity contribution in [3.8, 4) is 0 Å². The molecule has 258 valence electrons. The summed E-state index contributed by atoms with van der Waals surface area (Å²) in [6.07, 6.45) is -11.7. The number of amides is 2. The Morgan fingerprint density at radius 2 is 1.62 bits per heavy atom. The van der Waals surface area contributed by atoms with E-state index >= 15 is 0 Å². The largest absolute Gasteiger partial charge is 0.454 e. The molecule has 3 aliphatic rings. The van der Waals surface area contributed by atoms with Gasteiger partial charge < -0.3 is 9.64 Å². The molecule has 1 N–H and O–H groups in total. The van der Waals surface area contributed by atoms with Crippen LogP contribution in [0.5, 0.6) is 0 Å². The monoisotopic (exact) mass is 702 g/mol. The number of halogens is 9. The van der Waals surface area contributed by atoms with Crippen LogP contribution in [0.2, 0.25) is 0 Å². The number of benzene rings is 2. The first-order chi connectivity index (χ1) is 21.8. The quantitative estimate of drug-likeness (QED) is 0.359. The Balaban J connectivity index is 1.36. The molecule has 2 aromatic carbocycles. The van der Waals surface area contributed by atoms with E-state index in [0.29, 0.717) is 18.6 Å². The number of anilines is 3. The predicted octanol–water partition coefficient (Wildman–Crippen LogP) is 5.93. The highest BCUT2D eigenvalue weighted by Gasteiger charge is 2.58. The Morgan fingerprint density at radius 1 is 0.936 bits per heavy atom.